The number of furan rings is 1. The number of benzene rings is 1. The highest BCUT2D eigenvalue weighted by molar-refractivity contribution is 7.03. The molecule has 0 aliphatic rings. The number of hydrogen-bond donors (Lipinski definition) is 1. The van der Waals surface area contributed by atoms with E-state index in [1.54, 1.807) is 17.5 Å². The molecule has 0 spiro atoms. The van der Waals surface area contributed by atoms with E-state index in [0.29, 0.717) is 11.4 Å². The molecule has 2 heterocycles. The second kappa shape index (κ2) is 8.79. The number of carbonyl (C=O) groups excluding carboxylic acids is 2. The van der Waals surface area contributed by atoms with Crippen LogP contribution in [0.4, 0.5) is 5.69 Å². The molecule has 0 bridgehead atoms. The van der Waals surface area contributed by atoms with Crippen LogP contribution < -0.4 is 10.2 Å². The molecule has 8 heteroatoms. The van der Waals surface area contributed by atoms with E-state index in [0.717, 1.165) is 29.1 Å². The molecule has 2 amide bonds. The number of rotatable bonds is 7. The zero-order chi connectivity index (χ0) is 21.9. The van der Waals surface area contributed by atoms with Crippen LogP contribution in [0.25, 0.3) is 0 Å². The van der Waals surface area contributed by atoms with Crippen molar-refractivity contribution < 1.29 is 14.0 Å². The van der Waals surface area contributed by atoms with Gasteiger partial charge in [-0.25, -0.2) is 0 Å². The van der Waals surface area contributed by atoms with Crippen LogP contribution in [0.2, 0.25) is 0 Å². The van der Waals surface area contributed by atoms with Crippen molar-refractivity contribution in [3.63, 3.8) is 0 Å². The summed E-state index contributed by atoms with van der Waals surface area (Å²) >= 11 is 1.09. The van der Waals surface area contributed by atoms with E-state index in [4.69, 9.17) is 4.42 Å². The third-order valence-corrected chi connectivity index (χ3v) is 5.45. The maximum absolute atomic E-state index is 13.5. The van der Waals surface area contributed by atoms with E-state index in [1.165, 1.54) is 11.2 Å². The first kappa shape index (κ1) is 21.7. The number of carbonyl (C=O) groups is 2. The van der Waals surface area contributed by atoms with Crippen LogP contribution in [-0.4, -0.2) is 26.9 Å². The van der Waals surface area contributed by atoms with Crippen LogP contribution in [0, 0.1) is 13.8 Å². The van der Waals surface area contributed by atoms with Crippen LogP contribution in [0.5, 0.6) is 0 Å². The minimum Gasteiger partial charge on any atom is -0.467 e. The van der Waals surface area contributed by atoms with Gasteiger partial charge in [0.05, 0.1) is 6.26 Å². The molecule has 2 aromatic heterocycles. The van der Waals surface area contributed by atoms with Gasteiger partial charge in [0, 0.05) is 16.6 Å². The molecule has 30 heavy (non-hydrogen) atoms. The van der Waals surface area contributed by atoms with Gasteiger partial charge in [-0.1, -0.05) is 17.5 Å². The molecule has 1 atom stereocenters. The third-order valence-electron chi connectivity index (χ3n) is 4.95. The largest absolute Gasteiger partial charge is 0.467 e. The summed E-state index contributed by atoms with van der Waals surface area (Å²) in [7, 11) is 0. The molecular weight excluding hydrogens is 400 g/mol. The van der Waals surface area contributed by atoms with Gasteiger partial charge in [-0.05, 0) is 81.0 Å². The smallest absolute Gasteiger partial charge is 0.280 e. The molecule has 158 valence electrons. The fraction of sp³-hybridized carbons (Fsp3) is 0.364. The Kier molecular flexibility index (Phi) is 6.36. The van der Waals surface area contributed by atoms with Gasteiger partial charge in [-0.3, -0.25) is 14.5 Å². The molecule has 0 saturated heterocycles. The van der Waals surface area contributed by atoms with Gasteiger partial charge in [0.2, 0.25) is 0 Å². The van der Waals surface area contributed by atoms with Gasteiger partial charge in [0.1, 0.15) is 5.76 Å². The monoisotopic (exact) mass is 426 g/mol. The summed E-state index contributed by atoms with van der Waals surface area (Å²) in [6.45, 7) is 9.78. The maximum Gasteiger partial charge on any atom is 0.280 e. The van der Waals surface area contributed by atoms with E-state index in [-0.39, 0.29) is 11.6 Å². The van der Waals surface area contributed by atoms with Crippen molar-refractivity contribution >= 4 is 29.0 Å². The predicted molar refractivity (Wildman–Crippen MR) is 117 cm³/mol. The molecule has 0 aliphatic heterocycles. The Morgan fingerprint density at radius 3 is 2.47 bits per heavy atom. The van der Waals surface area contributed by atoms with Gasteiger partial charge >= 0.3 is 0 Å². The van der Waals surface area contributed by atoms with Crippen LogP contribution in [0.3, 0.4) is 0 Å². The van der Waals surface area contributed by atoms with Gasteiger partial charge < -0.3 is 9.73 Å². The SMILES string of the molecule is CCC(C)(C)NC(=O)[C@H](c1ccco1)N(C(=O)c1csnn1)c1cc(C)cc(C)c1. The predicted octanol–water partition coefficient (Wildman–Crippen LogP) is 4.44. The highest BCUT2D eigenvalue weighted by Gasteiger charge is 2.38. The van der Waals surface area contributed by atoms with Gasteiger partial charge in [0.25, 0.3) is 11.8 Å². The minimum absolute atomic E-state index is 0.179. The van der Waals surface area contributed by atoms with Crippen LogP contribution >= 0.6 is 11.5 Å². The van der Waals surface area contributed by atoms with Crippen LogP contribution in [0.15, 0.2) is 46.4 Å². The van der Waals surface area contributed by atoms with Crippen molar-refractivity contribution in [1.29, 1.82) is 0 Å². The highest BCUT2D eigenvalue weighted by Crippen LogP contribution is 2.32. The standard InChI is InChI=1S/C22H26N4O3S/c1-6-22(4,5)23-20(27)19(18-8-7-9-29-18)26(21(28)17-13-30-25-24-17)16-11-14(2)10-15(3)12-16/h7-13,19H,6H2,1-5H3,(H,23,27)/t19-/m0/s1. The van der Waals surface area contributed by atoms with Crippen molar-refractivity contribution in [2.24, 2.45) is 0 Å². The quantitative estimate of drug-likeness (QED) is 0.603. The van der Waals surface area contributed by atoms with Crippen LogP contribution in [0.1, 0.15) is 60.6 Å². The Morgan fingerprint density at radius 1 is 1.23 bits per heavy atom. The summed E-state index contributed by atoms with van der Waals surface area (Å²) in [5.74, 6) is -0.373. The number of aromatic nitrogens is 2. The molecule has 3 aromatic rings. The van der Waals surface area contributed by atoms with E-state index >= 15 is 0 Å². The first-order valence-corrected chi connectivity index (χ1v) is 10.6. The Hall–Kier alpha value is -3.00. The Bertz CT molecular complexity index is 993. The normalized spacial score (nSPS) is 12.4. The number of hydrogen-bond acceptors (Lipinski definition) is 6. The topological polar surface area (TPSA) is 88.3 Å². The molecule has 1 N–H and O–H groups in total. The minimum atomic E-state index is -0.999. The average Bonchev–Trinajstić information content (AvgIpc) is 3.38. The molecule has 7 nitrogen and oxygen atoms in total. The summed E-state index contributed by atoms with van der Waals surface area (Å²) in [6, 6.07) is 8.16. The average molecular weight is 427 g/mol. The maximum atomic E-state index is 13.5. The van der Waals surface area contributed by atoms with E-state index in [2.05, 4.69) is 14.9 Å². The molecular formula is C22H26N4O3S. The number of amides is 2. The zero-order valence-electron chi connectivity index (χ0n) is 17.8. The van der Waals surface area contributed by atoms with Gasteiger partial charge in [0.15, 0.2) is 11.7 Å². The number of anilines is 1. The summed E-state index contributed by atoms with van der Waals surface area (Å²) in [5, 5.41) is 8.56. The van der Waals surface area contributed by atoms with Gasteiger partial charge in [-0.15, -0.1) is 5.10 Å². The molecule has 0 fully saturated rings. The molecule has 0 radical (unpaired) electrons. The van der Waals surface area contributed by atoms with Crippen molar-refractivity contribution in [2.75, 3.05) is 4.90 Å². The van der Waals surface area contributed by atoms with E-state index in [9.17, 15) is 9.59 Å². The highest BCUT2D eigenvalue weighted by atomic mass is 32.1. The zero-order valence-corrected chi connectivity index (χ0v) is 18.6. The fourth-order valence-corrected chi connectivity index (χ4v) is 3.60. The molecule has 0 saturated carbocycles. The number of nitrogens with one attached hydrogen (secondary N) is 1. The van der Waals surface area contributed by atoms with E-state index < -0.39 is 17.5 Å². The first-order chi connectivity index (χ1) is 14.2. The fourth-order valence-electron chi connectivity index (χ4n) is 3.17. The molecule has 1 aromatic carbocycles. The lowest BCUT2D eigenvalue weighted by Gasteiger charge is -2.33. The summed E-state index contributed by atoms with van der Waals surface area (Å²) in [6.07, 6.45) is 2.23. The molecule has 0 unspecified atom stereocenters. The second-order valence-corrected chi connectivity index (χ2v) is 8.57. The summed E-state index contributed by atoms with van der Waals surface area (Å²) < 4.78 is 9.42. The summed E-state index contributed by atoms with van der Waals surface area (Å²) in [4.78, 5) is 28.4. The van der Waals surface area contributed by atoms with Crippen molar-refractivity contribution in [2.45, 2.75) is 52.6 Å². The van der Waals surface area contributed by atoms with Crippen molar-refractivity contribution in [3.8, 4) is 0 Å². The van der Waals surface area contributed by atoms with Crippen LogP contribution in [-0.2, 0) is 4.79 Å². The number of aryl methyl sites for hydroxylation is 2. The lowest BCUT2D eigenvalue weighted by atomic mass is 10.00. The second-order valence-electron chi connectivity index (χ2n) is 7.96. The lowest BCUT2D eigenvalue weighted by Crippen LogP contribution is -2.50. The third kappa shape index (κ3) is 4.76. The van der Waals surface area contributed by atoms with Crippen molar-refractivity contribution in [3.05, 3.63) is 64.6 Å². The van der Waals surface area contributed by atoms with E-state index in [1.807, 2.05) is 52.8 Å². The van der Waals surface area contributed by atoms with Gasteiger partial charge in [-0.2, -0.15) is 0 Å². The first-order valence-electron chi connectivity index (χ1n) is 9.76. The Morgan fingerprint density at radius 2 is 1.93 bits per heavy atom. The summed E-state index contributed by atoms with van der Waals surface area (Å²) in [5.41, 5.74) is 2.29. The molecule has 0 aliphatic carbocycles. The Labute approximate surface area is 180 Å². The van der Waals surface area contributed by atoms with Crippen molar-refractivity contribution in [1.82, 2.24) is 14.9 Å². The number of nitrogens with zero attached hydrogens (tertiary/aromatic N) is 3. The lowest BCUT2D eigenvalue weighted by molar-refractivity contribution is -0.124. The Balaban J connectivity index is 2.16. The molecule has 3 rings (SSSR count).